The topological polar surface area (TPSA) is 67.4 Å². The predicted molar refractivity (Wildman–Crippen MR) is 106 cm³/mol. The van der Waals surface area contributed by atoms with Gasteiger partial charge in [-0.25, -0.2) is 0 Å². The van der Waals surface area contributed by atoms with Crippen molar-refractivity contribution in [3.8, 4) is 5.75 Å². The van der Waals surface area contributed by atoms with E-state index in [-0.39, 0.29) is 11.8 Å². The molecule has 0 aliphatic carbocycles. The summed E-state index contributed by atoms with van der Waals surface area (Å²) in [7, 11) is 1.61. The van der Waals surface area contributed by atoms with Crippen LogP contribution in [0, 0.1) is 0 Å². The van der Waals surface area contributed by atoms with E-state index in [1.54, 1.807) is 13.2 Å². The van der Waals surface area contributed by atoms with Gasteiger partial charge in [0.2, 0.25) is 5.91 Å². The van der Waals surface area contributed by atoms with Gasteiger partial charge in [-0.1, -0.05) is 48.5 Å². The van der Waals surface area contributed by atoms with Gasteiger partial charge in [0.1, 0.15) is 5.75 Å². The monoisotopic (exact) mass is 362 g/mol. The second-order valence-electron chi connectivity index (χ2n) is 6.16. The molecule has 2 amide bonds. The van der Waals surface area contributed by atoms with Crippen LogP contribution in [0.25, 0.3) is 10.8 Å². The van der Waals surface area contributed by atoms with Crippen LogP contribution >= 0.6 is 0 Å². The lowest BCUT2D eigenvalue weighted by Crippen LogP contribution is -2.35. The van der Waals surface area contributed by atoms with Crippen molar-refractivity contribution in [2.45, 2.75) is 6.42 Å². The molecule has 3 aromatic rings. The number of fused-ring (bicyclic) bond motifs is 1. The first-order valence-corrected chi connectivity index (χ1v) is 8.83. The molecule has 2 N–H and O–H groups in total. The van der Waals surface area contributed by atoms with Crippen molar-refractivity contribution < 1.29 is 14.3 Å². The summed E-state index contributed by atoms with van der Waals surface area (Å²) in [5.74, 6) is 0.533. The zero-order valence-corrected chi connectivity index (χ0v) is 15.2. The van der Waals surface area contributed by atoms with Crippen LogP contribution in [0.5, 0.6) is 5.75 Å². The van der Waals surface area contributed by atoms with Crippen molar-refractivity contribution in [3.63, 3.8) is 0 Å². The summed E-state index contributed by atoms with van der Waals surface area (Å²) >= 11 is 0. The molecule has 138 valence electrons. The molecule has 0 atom stereocenters. The molecule has 3 aromatic carbocycles. The van der Waals surface area contributed by atoms with E-state index in [2.05, 4.69) is 10.6 Å². The summed E-state index contributed by atoms with van der Waals surface area (Å²) in [4.78, 5) is 24.4. The summed E-state index contributed by atoms with van der Waals surface area (Å²) in [5.41, 5.74) is 1.55. The lowest BCUT2D eigenvalue weighted by Gasteiger charge is -2.09. The highest BCUT2D eigenvalue weighted by atomic mass is 16.5. The minimum atomic E-state index is -0.142. The molecule has 0 unspecified atom stereocenters. The lowest BCUT2D eigenvalue weighted by molar-refractivity contribution is -0.120. The van der Waals surface area contributed by atoms with Gasteiger partial charge in [-0.05, 0) is 34.5 Å². The van der Waals surface area contributed by atoms with E-state index in [0.717, 1.165) is 22.1 Å². The maximum Gasteiger partial charge on any atom is 0.251 e. The number of ether oxygens (including phenoxy) is 1. The Morgan fingerprint density at radius 2 is 1.56 bits per heavy atom. The van der Waals surface area contributed by atoms with Gasteiger partial charge in [0.15, 0.2) is 0 Å². The van der Waals surface area contributed by atoms with Crippen LogP contribution in [0.4, 0.5) is 0 Å². The highest BCUT2D eigenvalue weighted by Crippen LogP contribution is 2.18. The SMILES string of the molecule is COc1ccc(CC(=O)NCCNC(=O)c2cccc3ccccc23)cc1. The van der Waals surface area contributed by atoms with Crippen LogP contribution < -0.4 is 15.4 Å². The Kier molecular flexibility index (Phi) is 6.05. The largest absolute Gasteiger partial charge is 0.497 e. The molecule has 27 heavy (non-hydrogen) atoms. The van der Waals surface area contributed by atoms with Gasteiger partial charge in [-0.15, -0.1) is 0 Å². The molecule has 0 aliphatic rings. The van der Waals surface area contributed by atoms with Crippen molar-refractivity contribution >= 4 is 22.6 Å². The second-order valence-corrected chi connectivity index (χ2v) is 6.16. The molecule has 0 fully saturated rings. The molecule has 0 saturated heterocycles. The fraction of sp³-hybridized carbons (Fsp3) is 0.182. The van der Waals surface area contributed by atoms with Crippen molar-refractivity contribution in [3.05, 3.63) is 77.9 Å². The van der Waals surface area contributed by atoms with Gasteiger partial charge in [-0.2, -0.15) is 0 Å². The molecule has 0 aliphatic heterocycles. The van der Waals surface area contributed by atoms with Gasteiger partial charge in [0, 0.05) is 18.7 Å². The molecule has 0 saturated carbocycles. The normalized spacial score (nSPS) is 10.4. The number of benzene rings is 3. The molecule has 0 aromatic heterocycles. The Balaban J connectivity index is 1.46. The van der Waals surface area contributed by atoms with Crippen LogP contribution in [-0.4, -0.2) is 32.0 Å². The smallest absolute Gasteiger partial charge is 0.251 e. The van der Waals surface area contributed by atoms with Crippen molar-refractivity contribution in [1.82, 2.24) is 10.6 Å². The van der Waals surface area contributed by atoms with Gasteiger partial charge < -0.3 is 15.4 Å². The first-order valence-electron chi connectivity index (χ1n) is 8.83. The molecular weight excluding hydrogens is 340 g/mol. The number of hydrogen-bond acceptors (Lipinski definition) is 3. The highest BCUT2D eigenvalue weighted by molar-refractivity contribution is 6.07. The fourth-order valence-corrected chi connectivity index (χ4v) is 2.89. The maximum absolute atomic E-state index is 12.4. The van der Waals surface area contributed by atoms with Gasteiger partial charge in [-0.3, -0.25) is 9.59 Å². The molecular formula is C22H22N2O3. The standard InChI is InChI=1S/C22H22N2O3/c1-27-18-11-9-16(10-12-18)15-21(25)23-13-14-24-22(26)20-8-4-6-17-5-2-3-7-19(17)20/h2-12H,13-15H2,1H3,(H,23,25)(H,24,26). The zero-order valence-electron chi connectivity index (χ0n) is 15.2. The summed E-state index contributed by atoms with van der Waals surface area (Å²) in [6.45, 7) is 0.752. The number of carbonyl (C=O) groups excluding carboxylic acids is 2. The number of rotatable bonds is 7. The second kappa shape index (κ2) is 8.85. The van der Waals surface area contributed by atoms with Crippen molar-refractivity contribution in [2.75, 3.05) is 20.2 Å². The number of methoxy groups -OCH3 is 1. The van der Waals surface area contributed by atoms with E-state index in [4.69, 9.17) is 4.74 Å². The van der Waals surface area contributed by atoms with Gasteiger partial charge in [0.05, 0.1) is 13.5 Å². The third-order valence-corrected chi connectivity index (χ3v) is 4.29. The van der Waals surface area contributed by atoms with Crippen molar-refractivity contribution in [2.24, 2.45) is 0 Å². The molecule has 5 heteroatoms. The Hall–Kier alpha value is -3.34. The molecule has 5 nitrogen and oxygen atoms in total. The van der Waals surface area contributed by atoms with Crippen LogP contribution in [0.3, 0.4) is 0 Å². The van der Waals surface area contributed by atoms with E-state index in [0.29, 0.717) is 25.1 Å². The highest BCUT2D eigenvalue weighted by Gasteiger charge is 2.09. The van der Waals surface area contributed by atoms with Crippen LogP contribution in [0.15, 0.2) is 66.7 Å². The Labute approximate surface area is 158 Å². The molecule has 0 heterocycles. The van der Waals surface area contributed by atoms with E-state index in [1.165, 1.54) is 0 Å². The average Bonchev–Trinajstić information content (AvgIpc) is 2.71. The Morgan fingerprint density at radius 1 is 0.852 bits per heavy atom. The van der Waals surface area contributed by atoms with Gasteiger partial charge in [0.25, 0.3) is 5.91 Å². The predicted octanol–water partition coefficient (Wildman–Crippen LogP) is 2.94. The average molecular weight is 362 g/mol. The summed E-state index contributed by atoms with van der Waals surface area (Å²) < 4.78 is 5.10. The first kappa shape index (κ1) is 18.5. The minimum absolute atomic E-state index is 0.0837. The van der Waals surface area contributed by atoms with E-state index in [9.17, 15) is 9.59 Å². The fourth-order valence-electron chi connectivity index (χ4n) is 2.89. The zero-order chi connectivity index (χ0) is 19.1. The van der Waals surface area contributed by atoms with E-state index in [1.807, 2.05) is 60.7 Å². The molecule has 3 rings (SSSR count). The minimum Gasteiger partial charge on any atom is -0.497 e. The summed E-state index contributed by atoms with van der Waals surface area (Å²) in [5, 5.41) is 7.62. The van der Waals surface area contributed by atoms with Crippen molar-refractivity contribution in [1.29, 1.82) is 0 Å². The third kappa shape index (κ3) is 4.85. The molecule has 0 radical (unpaired) electrons. The maximum atomic E-state index is 12.4. The Bertz CT molecular complexity index is 930. The quantitative estimate of drug-likeness (QED) is 0.635. The van der Waals surface area contributed by atoms with E-state index >= 15 is 0 Å². The number of carbonyl (C=O) groups is 2. The van der Waals surface area contributed by atoms with Gasteiger partial charge >= 0.3 is 0 Å². The number of nitrogens with one attached hydrogen (secondary N) is 2. The molecule has 0 bridgehead atoms. The lowest BCUT2D eigenvalue weighted by atomic mass is 10.0. The van der Waals surface area contributed by atoms with Crippen LogP contribution in [-0.2, 0) is 11.2 Å². The summed E-state index contributed by atoms with van der Waals surface area (Å²) in [6, 6.07) is 20.8. The Morgan fingerprint density at radius 3 is 2.33 bits per heavy atom. The van der Waals surface area contributed by atoms with Crippen LogP contribution in [0.2, 0.25) is 0 Å². The first-order chi connectivity index (χ1) is 13.2. The summed E-state index contributed by atoms with van der Waals surface area (Å²) in [6.07, 6.45) is 0.293. The number of amides is 2. The molecule has 0 spiro atoms. The number of hydrogen-bond donors (Lipinski definition) is 2. The third-order valence-electron chi connectivity index (χ3n) is 4.29. The van der Waals surface area contributed by atoms with Crippen LogP contribution in [0.1, 0.15) is 15.9 Å². The van der Waals surface area contributed by atoms with E-state index < -0.39 is 0 Å².